The zero-order valence-electron chi connectivity index (χ0n) is 9.82. The lowest BCUT2D eigenvalue weighted by Gasteiger charge is -2.19. The number of aromatic amines is 1. The van der Waals surface area contributed by atoms with Crippen LogP contribution in [0.25, 0.3) is 5.52 Å². The molecule has 0 unspecified atom stereocenters. The van der Waals surface area contributed by atoms with Gasteiger partial charge in [0.2, 0.25) is 5.95 Å². The number of nitrogens with one attached hydrogen (secondary N) is 1. The van der Waals surface area contributed by atoms with E-state index in [1.165, 1.54) is 19.3 Å². The highest BCUT2D eigenvalue weighted by Gasteiger charge is 2.23. The minimum absolute atomic E-state index is 0.120. The molecular formula is C11H14BrN5O. The molecule has 6 nitrogen and oxygen atoms in total. The zero-order valence-corrected chi connectivity index (χ0v) is 11.4. The van der Waals surface area contributed by atoms with Crippen LogP contribution in [0.5, 0.6) is 0 Å². The molecule has 7 heteroatoms. The molecule has 0 radical (unpaired) electrons. The van der Waals surface area contributed by atoms with Gasteiger partial charge in [-0.15, -0.1) is 5.10 Å². The molecule has 1 aliphatic rings. The predicted molar refractivity (Wildman–Crippen MR) is 71.5 cm³/mol. The van der Waals surface area contributed by atoms with Crippen molar-refractivity contribution in [2.24, 2.45) is 0 Å². The maximum Gasteiger partial charge on any atom is 0.279 e. The standard InChI is InChI=1S/C11H14BrN5O/c12-8-7-10(18)15-11(13)16-17(7)9(14-8)6-4-2-1-3-5-6/h6H,1-5H2,(H3,13,15,16,18). The molecule has 0 aliphatic heterocycles. The molecule has 1 aliphatic carbocycles. The van der Waals surface area contributed by atoms with Crippen LogP contribution in [-0.4, -0.2) is 19.6 Å². The molecule has 0 atom stereocenters. The minimum atomic E-state index is -0.260. The number of H-pyrrole nitrogens is 1. The third kappa shape index (κ3) is 1.82. The van der Waals surface area contributed by atoms with Crippen LogP contribution in [0.4, 0.5) is 5.95 Å². The second-order valence-electron chi connectivity index (χ2n) is 4.70. The number of hydrogen-bond acceptors (Lipinski definition) is 4. The van der Waals surface area contributed by atoms with Crippen molar-refractivity contribution in [3.8, 4) is 0 Å². The second kappa shape index (κ2) is 4.38. The molecule has 1 fully saturated rings. The van der Waals surface area contributed by atoms with Crippen LogP contribution in [0.1, 0.15) is 43.8 Å². The van der Waals surface area contributed by atoms with Gasteiger partial charge in [-0.3, -0.25) is 9.78 Å². The predicted octanol–water partition coefficient (Wildman–Crippen LogP) is 1.81. The van der Waals surface area contributed by atoms with Gasteiger partial charge in [-0.05, 0) is 28.8 Å². The summed E-state index contributed by atoms with van der Waals surface area (Å²) in [5.74, 6) is 1.33. The summed E-state index contributed by atoms with van der Waals surface area (Å²) in [4.78, 5) is 18.8. The second-order valence-corrected chi connectivity index (χ2v) is 5.45. The third-order valence-corrected chi connectivity index (χ3v) is 4.02. The van der Waals surface area contributed by atoms with Gasteiger partial charge in [0.15, 0.2) is 5.52 Å². The summed E-state index contributed by atoms with van der Waals surface area (Å²) < 4.78 is 2.13. The van der Waals surface area contributed by atoms with E-state index in [-0.39, 0.29) is 11.5 Å². The first-order valence-corrected chi connectivity index (χ1v) is 6.90. The van der Waals surface area contributed by atoms with Gasteiger partial charge in [-0.25, -0.2) is 9.50 Å². The molecule has 3 rings (SSSR count). The first-order chi connectivity index (χ1) is 8.66. The van der Waals surface area contributed by atoms with E-state index in [1.54, 1.807) is 4.52 Å². The summed E-state index contributed by atoms with van der Waals surface area (Å²) in [6, 6.07) is 0. The van der Waals surface area contributed by atoms with E-state index in [2.05, 4.69) is 31.0 Å². The number of halogens is 1. The number of rotatable bonds is 1. The van der Waals surface area contributed by atoms with E-state index in [1.807, 2.05) is 0 Å². The molecule has 0 spiro atoms. The minimum Gasteiger partial charge on any atom is -0.368 e. The molecule has 96 valence electrons. The Labute approximate surface area is 112 Å². The van der Waals surface area contributed by atoms with E-state index < -0.39 is 0 Å². The van der Waals surface area contributed by atoms with Gasteiger partial charge in [-0.2, -0.15) is 0 Å². The van der Waals surface area contributed by atoms with Crippen molar-refractivity contribution in [3.63, 3.8) is 0 Å². The molecule has 2 aromatic rings. The number of imidazole rings is 1. The average molecular weight is 312 g/mol. The molecule has 3 N–H and O–H groups in total. The van der Waals surface area contributed by atoms with Gasteiger partial charge in [0.25, 0.3) is 5.56 Å². The molecule has 0 amide bonds. The van der Waals surface area contributed by atoms with Crippen molar-refractivity contribution in [2.45, 2.75) is 38.0 Å². The number of hydrogen-bond donors (Lipinski definition) is 2. The number of nitrogens with two attached hydrogens (primary N) is 1. The molecule has 0 aromatic carbocycles. The lowest BCUT2D eigenvalue weighted by molar-refractivity contribution is 0.424. The van der Waals surface area contributed by atoms with E-state index in [4.69, 9.17) is 5.73 Å². The van der Waals surface area contributed by atoms with E-state index in [9.17, 15) is 4.79 Å². The van der Waals surface area contributed by atoms with Gasteiger partial charge < -0.3 is 5.73 Å². The topological polar surface area (TPSA) is 89.1 Å². The van der Waals surface area contributed by atoms with E-state index >= 15 is 0 Å². The highest BCUT2D eigenvalue weighted by atomic mass is 79.9. The van der Waals surface area contributed by atoms with Crippen molar-refractivity contribution >= 4 is 27.4 Å². The van der Waals surface area contributed by atoms with Gasteiger partial charge in [0.05, 0.1) is 0 Å². The van der Waals surface area contributed by atoms with Crippen molar-refractivity contribution in [2.75, 3.05) is 5.73 Å². The Morgan fingerprint density at radius 3 is 2.78 bits per heavy atom. The monoisotopic (exact) mass is 311 g/mol. The first-order valence-electron chi connectivity index (χ1n) is 6.10. The molecule has 1 saturated carbocycles. The van der Waals surface area contributed by atoms with Crippen LogP contribution in [0, 0.1) is 0 Å². The van der Waals surface area contributed by atoms with Crippen molar-refractivity contribution in [3.05, 3.63) is 20.8 Å². The van der Waals surface area contributed by atoms with Crippen LogP contribution in [0.15, 0.2) is 9.40 Å². The quantitative estimate of drug-likeness (QED) is 0.840. The van der Waals surface area contributed by atoms with Gasteiger partial charge in [0.1, 0.15) is 10.4 Å². The molecule has 18 heavy (non-hydrogen) atoms. The molecule has 0 saturated heterocycles. The molecule has 0 bridgehead atoms. The Morgan fingerprint density at radius 2 is 2.06 bits per heavy atom. The van der Waals surface area contributed by atoms with Crippen molar-refractivity contribution in [1.82, 2.24) is 19.6 Å². The van der Waals surface area contributed by atoms with Gasteiger partial charge >= 0.3 is 0 Å². The highest BCUT2D eigenvalue weighted by Crippen LogP contribution is 2.33. The smallest absolute Gasteiger partial charge is 0.279 e. The van der Waals surface area contributed by atoms with E-state index in [0.717, 1.165) is 18.7 Å². The van der Waals surface area contributed by atoms with Crippen molar-refractivity contribution in [1.29, 1.82) is 0 Å². The van der Waals surface area contributed by atoms with Crippen LogP contribution < -0.4 is 11.3 Å². The Kier molecular flexibility index (Phi) is 2.85. The number of nitrogen functional groups attached to an aromatic ring is 1. The maximum absolute atomic E-state index is 11.9. The van der Waals surface area contributed by atoms with Crippen LogP contribution in [0.2, 0.25) is 0 Å². The first kappa shape index (κ1) is 11.7. The largest absolute Gasteiger partial charge is 0.368 e. The summed E-state index contributed by atoms with van der Waals surface area (Å²) in [6.45, 7) is 0. The van der Waals surface area contributed by atoms with Gasteiger partial charge in [-0.1, -0.05) is 19.3 Å². The average Bonchev–Trinajstić information content (AvgIpc) is 2.67. The fourth-order valence-corrected chi connectivity index (χ4v) is 3.16. The Morgan fingerprint density at radius 1 is 1.33 bits per heavy atom. The third-order valence-electron chi connectivity index (χ3n) is 3.47. The summed E-state index contributed by atoms with van der Waals surface area (Å²) in [5.41, 5.74) is 5.78. The number of fused-ring (bicyclic) bond motifs is 1. The Bertz CT molecular complexity index is 641. The van der Waals surface area contributed by atoms with Crippen molar-refractivity contribution < 1.29 is 0 Å². The summed E-state index contributed by atoms with van der Waals surface area (Å²) >= 11 is 3.33. The summed E-state index contributed by atoms with van der Waals surface area (Å²) in [7, 11) is 0. The number of aromatic nitrogens is 4. The normalized spacial score (nSPS) is 17.4. The Balaban J connectivity index is 2.20. The van der Waals surface area contributed by atoms with Crippen LogP contribution in [0.3, 0.4) is 0 Å². The maximum atomic E-state index is 11.9. The van der Waals surface area contributed by atoms with E-state index in [0.29, 0.717) is 16.0 Å². The summed E-state index contributed by atoms with van der Waals surface area (Å²) in [6.07, 6.45) is 5.88. The fraction of sp³-hybridized carbons (Fsp3) is 0.545. The Hall–Kier alpha value is -1.37. The zero-order chi connectivity index (χ0) is 12.7. The SMILES string of the molecule is Nc1nn2c(C3CCCCC3)nc(Br)c2c(=O)[nH]1. The van der Waals surface area contributed by atoms with Gasteiger partial charge in [0, 0.05) is 5.92 Å². The highest BCUT2D eigenvalue weighted by molar-refractivity contribution is 9.10. The lowest BCUT2D eigenvalue weighted by Crippen LogP contribution is -2.18. The molecule has 2 heterocycles. The van der Waals surface area contributed by atoms with Crippen LogP contribution in [-0.2, 0) is 0 Å². The lowest BCUT2D eigenvalue weighted by atomic mass is 9.89. The number of nitrogens with zero attached hydrogens (tertiary/aromatic N) is 3. The number of anilines is 1. The van der Waals surface area contributed by atoms with Crippen LogP contribution >= 0.6 is 15.9 Å². The molecule has 2 aromatic heterocycles. The fourth-order valence-electron chi connectivity index (χ4n) is 2.63. The summed E-state index contributed by atoms with van der Waals surface area (Å²) in [5, 5.41) is 4.18. The molecular weight excluding hydrogens is 298 g/mol.